The van der Waals surface area contributed by atoms with E-state index >= 15 is 0 Å². The van der Waals surface area contributed by atoms with E-state index in [0.717, 1.165) is 18.4 Å². The number of benzene rings is 3. The highest BCUT2D eigenvalue weighted by atomic mass is 35.5. The summed E-state index contributed by atoms with van der Waals surface area (Å²) >= 11 is 12.3. The minimum absolute atomic E-state index is 0.00487. The number of anilines is 1. The van der Waals surface area contributed by atoms with Crippen molar-refractivity contribution in [3.8, 4) is 28.4 Å². The maximum Gasteiger partial charge on any atom is 0.256 e. The number of halogens is 2. The van der Waals surface area contributed by atoms with Gasteiger partial charge in [0.2, 0.25) is 11.9 Å². The molecule has 1 aromatic heterocycles. The van der Waals surface area contributed by atoms with Gasteiger partial charge in [-0.3, -0.25) is 19.5 Å². The minimum atomic E-state index is -0.378. The first-order chi connectivity index (χ1) is 18.9. The maximum atomic E-state index is 13.3. The third-order valence-electron chi connectivity index (χ3n) is 6.41. The number of methoxy groups -OCH3 is 2. The number of ether oxygens (including phenoxy) is 2. The van der Waals surface area contributed by atoms with E-state index in [0.29, 0.717) is 38.5 Å². The van der Waals surface area contributed by atoms with Gasteiger partial charge in [-0.1, -0.05) is 47.5 Å². The number of imidazole rings is 1. The topological polar surface area (TPSA) is 85.7 Å². The van der Waals surface area contributed by atoms with Gasteiger partial charge in [-0.25, -0.2) is 4.98 Å². The number of carbonyl (C=O) groups excluding carboxylic acids is 2. The molecular formula is C29H26Cl2N4O4. The number of rotatable bonds is 9. The molecule has 39 heavy (non-hydrogen) atoms. The summed E-state index contributed by atoms with van der Waals surface area (Å²) < 4.78 is 12.6. The lowest BCUT2D eigenvalue weighted by Gasteiger charge is -2.22. The summed E-state index contributed by atoms with van der Waals surface area (Å²) in [5, 5.41) is 3.86. The minimum Gasteiger partial charge on any atom is -0.493 e. The molecule has 3 aromatic carbocycles. The van der Waals surface area contributed by atoms with E-state index in [-0.39, 0.29) is 30.3 Å². The second-order valence-electron chi connectivity index (χ2n) is 9.06. The highest BCUT2D eigenvalue weighted by Crippen LogP contribution is 2.33. The van der Waals surface area contributed by atoms with E-state index in [9.17, 15) is 9.59 Å². The molecule has 4 aromatic rings. The third-order valence-corrected chi connectivity index (χ3v) is 6.99. The Labute approximate surface area is 236 Å². The van der Waals surface area contributed by atoms with Gasteiger partial charge in [0.05, 0.1) is 36.2 Å². The van der Waals surface area contributed by atoms with E-state index < -0.39 is 0 Å². The highest BCUT2D eigenvalue weighted by molar-refractivity contribution is 6.33. The van der Waals surface area contributed by atoms with Crippen LogP contribution in [0.1, 0.15) is 23.2 Å². The summed E-state index contributed by atoms with van der Waals surface area (Å²) in [5.74, 6) is 0.737. The van der Waals surface area contributed by atoms with Crippen molar-refractivity contribution in [1.82, 2.24) is 14.5 Å². The lowest BCUT2D eigenvalue weighted by molar-refractivity contribution is -0.117. The Morgan fingerprint density at radius 3 is 2.38 bits per heavy atom. The number of nitrogens with zero attached hydrogens (tertiary/aromatic N) is 3. The first-order valence-corrected chi connectivity index (χ1v) is 13.1. The Kier molecular flexibility index (Phi) is 7.77. The first-order valence-electron chi connectivity index (χ1n) is 12.3. The SMILES string of the molecule is COc1ccc(-n2cc(-c3ccc(Cl)cc3)nc2NC(=O)CN(C(=O)c2ccccc2Cl)C2CC2)cc1OC. The van der Waals surface area contributed by atoms with Gasteiger partial charge in [0.25, 0.3) is 5.91 Å². The van der Waals surface area contributed by atoms with Gasteiger partial charge >= 0.3 is 0 Å². The van der Waals surface area contributed by atoms with Gasteiger partial charge in [0.1, 0.15) is 6.54 Å². The van der Waals surface area contributed by atoms with Crippen LogP contribution in [0.5, 0.6) is 11.5 Å². The summed E-state index contributed by atoms with van der Waals surface area (Å²) in [4.78, 5) is 32.9. The molecule has 0 radical (unpaired) electrons. The normalized spacial score (nSPS) is 12.6. The molecule has 8 nitrogen and oxygen atoms in total. The summed E-state index contributed by atoms with van der Waals surface area (Å²) in [5.41, 5.74) is 2.52. The number of hydrogen-bond donors (Lipinski definition) is 1. The zero-order valence-corrected chi connectivity index (χ0v) is 22.9. The van der Waals surface area contributed by atoms with Crippen LogP contribution in [-0.4, -0.2) is 53.1 Å². The summed E-state index contributed by atoms with van der Waals surface area (Å²) in [6.45, 7) is -0.135. The standard InChI is InChI=1S/C29H26Cl2N4O4/c1-38-25-14-13-21(15-26(25)39-2)35-16-24(18-7-9-19(30)10-8-18)32-29(35)33-27(36)17-34(20-11-12-20)28(37)22-5-3-4-6-23(22)31/h3-10,13-16,20H,11-12,17H2,1-2H3,(H,32,33,36). The van der Waals surface area contributed by atoms with E-state index in [2.05, 4.69) is 5.32 Å². The Morgan fingerprint density at radius 1 is 1.00 bits per heavy atom. The van der Waals surface area contributed by atoms with Crippen molar-refractivity contribution in [2.75, 3.05) is 26.1 Å². The summed E-state index contributed by atoms with van der Waals surface area (Å²) in [6.07, 6.45) is 3.49. The Bertz CT molecular complexity index is 1520. The van der Waals surface area contributed by atoms with E-state index in [1.807, 2.05) is 24.4 Å². The Balaban J connectivity index is 1.46. The van der Waals surface area contributed by atoms with Gasteiger partial charge < -0.3 is 14.4 Å². The molecule has 1 saturated carbocycles. The molecule has 1 heterocycles. The van der Waals surface area contributed by atoms with Crippen molar-refractivity contribution in [3.05, 3.63) is 88.5 Å². The van der Waals surface area contributed by atoms with Crippen molar-refractivity contribution < 1.29 is 19.1 Å². The van der Waals surface area contributed by atoms with Gasteiger partial charge in [0, 0.05) is 28.9 Å². The van der Waals surface area contributed by atoms with Crippen molar-refractivity contribution in [3.63, 3.8) is 0 Å². The van der Waals surface area contributed by atoms with Crippen molar-refractivity contribution in [2.45, 2.75) is 18.9 Å². The van der Waals surface area contributed by atoms with Gasteiger partial charge in [-0.05, 0) is 49.2 Å². The number of hydrogen-bond acceptors (Lipinski definition) is 5. The number of amides is 2. The van der Waals surface area contributed by atoms with E-state index in [1.54, 1.807) is 72.2 Å². The Hall–Kier alpha value is -4.01. The average Bonchev–Trinajstić information content (AvgIpc) is 3.71. The summed E-state index contributed by atoms with van der Waals surface area (Å²) in [6, 6.07) is 19.5. The van der Waals surface area contributed by atoms with Crippen LogP contribution < -0.4 is 14.8 Å². The van der Waals surface area contributed by atoms with E-state index in [4.69, 9.17) is 37.7 Å². The second-order valence-corrected chi connectivity index (χ2v) is 9.90. The van der Waals surface area contributed by atoms with Crippen molar-refractivity contribution in [2.24, 2.45) is 0 Å². The molecule has 1 aliphatic carbocycles. The number of aromatic nitrogens is 2. The van der Waals surface area contributed by atoms with Crippen molar-refractivity contribution >= 4 is 41.0 Å². The quantitative estimate of drug-likeness (QED) is 0.265. The number of carbonyl (C=O) groups is 2. The molecule has 10 heteroatoms. The fourth-order valence-electron chi connectivity index (χ4n) is 4.26. The molecule has 0 aliphatic heterocycles. The lowest BCUT2D eigenvalue weighted by Crippen LogP contribution is -2.40. The molecular weight excluding hydrogens is 539 g/mol. The zero-order chi connectivity index (χ0) is 27.5. The fourth-order valence-corrected chi connectivity index (χ4v) is 4.60. The molecule has 2 amide bonds. The molecule has 0 spiro atoms. The largest absolute Gasteiger partial charge is 0.493 e. The average molecular weight is 565 g/mol. The van der Waals surface area contributed by atoms with Gasteiger partial charge in [0.15, 0.2) is 11.5 Å². The molecule has 1 fully saturated rings. The van der Waals surface area contributed by atoms with Gasteiger partial charge in [-0.2, -0.15) is 0 Å². The molecule has 0 saturated heterocycles. The molecule has 0 atom stereocenters. The molecule has 1 aliphatic rings. The third kappa shape index (κ3) is 5.87. The van der Waals surface area contributed by atoms with Crippen LogP contribution in [0, 0.1) is 0 Å². The first kappa shape index (κ1) is 26.6. The Morgan fingerprint density at radius 2 is 1.72 bits per heavy atom. The van der Waals surface area contributed by atoms with Crippen molar-refractivity contribution in [1.29, 1.82) is 0 Å². The monoisotopic (exact) mass is 564 g/mol. The van der Waals surface area contributed by atoms with Crippen LogP contribution in [0.3, 0.4) is 0 Å². The highest BCUT2D eigenvalue weighted by Gasteiger charge is 2.35. The van der Waals surface area contributed by atoms with Crippen LogP contribution in [0.15, 0.2) is 72.9 Å². The lowest BCUT2D eigenvalue weighted by atomic mass is 10.2. The van der Waals surface area contributed by atoms with Gasteiger partial charge in [-0.15, -0.1) is 0 Å². The molecule has 0 unspecified atom stereocenters. The van der Waals surface area contributed by atoms with Crippen LogP contribution >= 0.6 is 23.2 Å². The fraction of sp³-hybridized carbons (Fsp3) is 0.207. The van der Waals surface area contributed by atoms with Crippen LogP contribution in [-0.2, 0) is 4.79 Å². The molecule has 5 rings (SSSR count). The van der Waals surface area contributed by atoms with Crippen LogP contribution in [0.2, 0.25) is 10.0 Å². The number of nitrogens with one attached hydrogen (secondary N) is 1. The molecule has 0 bridgehead atoms. The molecule has 200 valence electrons. The smallest absolute Gasteiger partial charge is 0.256 e. The maximum absolute atomic E-state index is 13.3. The summed E-state index contributed by atoms with van der Waals surface area (Å²) in [7, 11) is 3.12. The second kappa shape index (κ2) is 11.4. The predicted octanol–water partition coefficient (Wildman–Crippen LogP) is 6.11. The zero-order valence-electron chi connectivity index (χ0n) is 21.4. The molecule has 1 N–H and O–H groups in total. The van der Waals surface area contributed by atoms with E-state index in [1.165, 1.54) is 0 Å². The predicted molar refractivity (Wildman–Crippen MR) is 151 cm³/mol. The van der Waals surface area contributed by atoms with Crippen LogP contribution in [0.25, 0.3) is 16.9 Å². The van der Waals surface area contributed by atoms with Crippen LogP contribution in [0.4, 0.5) is 5.95 Å².